The van der Waals surface area contributed by atoms with Gasteiger partial charge in [0, 0.05) is 5.92 Å². The number of imide groups is 1. The number of esters is 1. The zero-order valence-corrected chi connectivity index (χ0v) is 17.5. The Morgan fingerprint density at radius 3 is 2.10 bits per heavy atom. The van der Waals surface area contributed by atoms with Gasteiger partial charge in [-0.25, -0.2) is 14.5 Å². The lowest BCUT2D eigenvalue weighted by molar-refractivity contribution is -0.152. The predicted molar refractivity (Wildman–Crippen MR) is 111 cm³/mol. The first kappa shape index (κ1) is 21.6. The molecule has 1 heterocycles. The Kier molecular flexibility index (Phi) is 6.55. The SMILES string of the molecule is CC(C)(C)OC(=O)N1C(=O)[C@H](Cc2ccccc2)C[C@H]1C(=O)OCc1ccccc1. The Labute approximate surface area is 176 Å². The monoisotopic (exact) mass is 409 g/mol. The molecule has 1 aliphatic heterocycles. The van der Waals surface area contributed by atoms with Crippen LogP contribution in [0.4, 0.5) is 4.79 Å². The average Bonchev–Trinajstić information content (AvgIpc) is 3.03. The van der Waals surface area contributed by atoms with Crippen molar-refractivity contribution >= 4 is 18.0 Å². The lowest BCUT2D eigenvalue weighted by Gasteiger charge is -2.26. The highest BCUT2D eigenvalue weighted by Crippen LogP contribution is 2.30. The average molecular weight is 409 g/mol. The molecule has 6 nitrogen and oxygen atoms in total. The van der Waals surface area contributed by atoms with Gasteiger partial charge < -0.3 is 9.47 Å². The van der Waals surface area contributed by atoms with Crippen molar-refractivity contribution in [3.8, 4) is 0 Å². The molecule has 0 spiro atoms. The van der Waals surface area contributed by atoms with Gasteiger partial charge in [0.15, 0.2) is 0 Å². The van der Waals surface area contributed by atoms with Gasteiger partial charge in [-0.15, -0.1) is 0 Å². The summed E-state index contributed by atoms with van der Waals surface area (Å²) in [4.78, 5) is 39.5. The van der Waals surface area contributed by atoms with Gasteiger partial charge in [0.25, 0.3) is 0 Å². The van der Waals surface area contributed by atoms with Gasteiger partial charge in [-0.05, 0) is 44.7 Å². The molecule has 1 fully saturated rings. The molecule has 0 aliphatic carbocycles. The van der Waals surface area contributed by atoms with Crippen LogP contribution in [0.3, 0.4) is 0 Å². The van der Waals surface area contributed by atoms with Crippen LogP contribution in [0.1, 0.15) is 38.3 Å². The largest absolute Gasteiger partial charge is 0.459 e. The smallest absolute Gasteiger partial charge is 0.417 e. The molecule has 0 saturated carbocycles. The maximum Gasteiger partial charge on any atom is 0.417 e. The summed E-state index contributed by atoms with van der Waals surface area (Å²) in [6, 6.07) is 17.8. The Bertz CT molecular complexity index is 889. The topological polar surface area (TPSA) is 72.9 Å². The zero-order valence-electron chi connectivity index (χ0n) is 17.5. The van der Waals surface area contributed by atoms with Gasteiger partial charge >= 0.3 is 12.1 Å². The van der Waals surface area contributed by atoms with Crippen molar-refractivity contribution in [1.82, 2.24) is 4.90 Å². The summed E-state index contributed by atoms with van der Waals surface area (Å²) >= 11 is 0. The van der Waals surface area contributed by atoms with Crippen molar-refractivity contribution in [2.75, 3.05) is 0 Å². The van der Waals surface area contributed by atoms with E-state index in [0.29, 0.717) is 6.42 Å². The van der Waals surface area contributed by atoms with Crippen LogP contribution in [0.15, 0.2) is 60.7 Å². The number of amides is 2. The first-order valence-electron chi connectivity index (χ1n) is 10.0. The molecule has 1 saturated heterocycles. The lowest BCUT2D eigenvalue weighted by atomic mass is 9.96. The highest BCUT2D eigenvalue weighted by atomic mass is 16.6. The Morgan fingerprint density at radius 2 is 1.53 bits per heavy atom. The van der Waals surface area contributed by atoms with Crippen molar-refractivity contribution in [2.24, 2.45) is 5.92 Å². The second kappa shape index (κ2) is 9.11. The van der Waals surface area contributed by atoms with Gasteiger partial charge in [-0.3, -0.25) is 4.79 Å². The number of hydrogen-bond donors (Lipinski definition) is 0. The maximum absolute atomic E-state index is 13.0. The summed E-state index contributed by atoms with van der Waals surface area (Å²) in [5, 5.41) is 0. The van der Waals surface area contributed by atoms with Gasteiger partial charge in [-0.1, -0.05) is 60.7 Å². The number of carbonyl (C=O) groups excluding carboxylic acids is 3. The first-order chi connectivity index (χ1) is 14.2. The van der Waals surface area contributed by atoms with Crippen LogP contribution in [0, 0.1) is 5.92 Å². The predicted octanol–water partition coefficient (Wildman–Crippen LogP) is 4.12. The molecule has 0 unspecified atom stereocenters. The number of likely N-dealkylation sites (tertiary alicyclic amines) is 1. The van der Waals surface area contributed by atoms with E-state index in [4.69, 9.17) is 9.47 Å². The van der Waals surface area contributed by atoms with E-state index in [1.54, 1.807) is 20.8 Å². The summed E-state index contributed by atoms with van der Waals surface area (Å²) in [5.74, 6) is -1.50. The van der Waals surface area contributed by atoms with Crippen LogP contribution in [0.2, 0.25) is 0 Å². The minimum atomic E-state index is -0.996. The fourth-order valence-electron chi connectivity index (χ4n) is 3.45. The number of hydrogen-bond acceptors (Lipinski definition) is 5. The van der Waals surface area contributed by atoms with E-state index in [1.807, 2.05) is 60.7 Å². The molecular formula is C24H27NO5. The van der Waals surface area contributed by atoms with Crippen LogP contribution < -0.4 is 0 Å². The zero-order chi connectivity index (χ0) is 21.7. The van der Waals surface area contributed by atoms with Gasteiger partial charge in [0.2, 0.25) is 5.91 Å². The second-order valence-electron chi connectivity index (χ2n) is 8.42. The van der Waals surface area contributed by atoms with Crippen molar-refractivity contribution in [3.05, 3.63) is 71.8 Å². The molecule has 2 amide bonds. The lowest BCUT2D eigenvalue weighted by Crippen LogP contribution is -2.46. The van der Waals surface area contributed by atoms with Crippen LogP contribution >= 0.6 is 0 Å². The minimum Gasteiger partial charge on any atom is -0.459 e. The normalized spacial score (nSPS) is 18.9. The second-order valence-corrected chi connectivity index (χ2v) is 8.42. The van der Waals surface area contributed by atoms with E-state index in [2.05, 4.69) is 0 Å². The van der Waals surface area contributed by atoms with Crippen LogP contribution in [-0.4, -0.2) is 34.5 Å². The molecule has 2 aromatic rings. The molecule has 2 atom stereocenters. The van der Waals surface area contributed by atoms with Crippen LogP contribution in [0.5, 0.6) is 0 Å². The third kappa shape index (κ3) is 5.47. The molecule has 0 N–H and O–H groups in total. The highest BCUT2D eigenvalue weighted by Gasteiger charge is 2.48. The molecular weight excluding hydrogens is 382 g/mol. The molecule has 30 heavy (non-hydrogen) atoms. The molecule has 1 aliphatic rings. The number of nitrogens with zero attached hydrogens (tertiary/aromatic N) is 1. The van der Waals surface area contributed by atoms with Crippen LogP contribution in [0.25, 0.3) is 0 Å². The number of benzene rings is 2. The Hall–Kier alpha value is -3.15. The van der Waals surface area contributed by atoms with E-state index in [-0.39, 0.29) is 13.0 Å². The quantitative estimate of drug-likeness (QED) is 0.695. The number of carbonyl (C=O) groups is 3. The molecule has 0 aromatic heterocycles. The van der Waals surface area contributed by atoms with E-state index in [0.717, 1.165) is 16.0 Å². The molecule has 2 aromatic carbocycles. The maximum atomic E-state index is 13.0. The third-order valence-corrected chi connectivity index (χ3v) is 4.82. The van der Waals surface area contributed by atoms with Crippen molar-refractivity contribution < 1.29 is 23.9 Å². The van der Waals surface area contributed by atoms with Gasteiger partial charge in [0.1, 0.15) is 18.2 Å². The van der Waals surface area contributed by atoms with E-state index in [9.17, 15) is 14.4 Å². The fourth-order valence-corrected chi connectivity index (χ4v) is 3.45. The van der Waals surface area contributed by atoms with E-state index >= 15 is 0 Å². The summed E-state index contributed by atoms with van der Waals surface area (Å²) in [6.07, 6.45) is -0.160. The van der Waals surface area contributed by atoms with Crippen LogP contribution in [-0.2, 0) is 32.1 Å². The summed E-state index contributed by atoms with van der Waals surface area (Å²) in [5.41, 5.74) is 1.02. The van der Waals surface area contributed by atoms with Crippen molar-refractivity contribution in [1.29, 1.82) is 0 Å². The van der Waals surface area contributed by atoms with E-state index in [1.165, 1.54) is 0 Å². The molecule has 0 bridgehead atoms. The third-order valence-electron chi connectivity index (χ3n) is 4.82. The summed E-state index contributed by atoms with van der Waals surface area (Å²) in [6.45, 7) is 5.23. The molecule has 0 radical (unpaired) electrons. The Balaban J connectivity index is 1.76. The number of ether oxygens (including phenoxy) is 2. The first-order valence-corrected chi connectivity index (χ1v) is 10.0. The fraction of sp³-hybridized carbons (Fsp3) is 0.375. The summed E-state index contributed by atoms with van der Waals surface area (Å²) in [7, 11) is 0. The van der Waals surface area contributed by atoms with Crippen molar-refractivity contribution in [3.63, 3.8) is 0 Å². The Morgan fingerprint density at radius 1 is 0.967 bits per heavy atom. The highest BCUT2D eigenvalue weighted by molar-refractivity contribution is 6.00. The molecule has 6 heteroatoms. The summed E-state index contributed by atoms with van der Waals surface area (Å²) < 4.78 is 10.8. The number of rotatable bonds is 5. The van der Waals surface area contributed by atoms with Gasteiger partial charge in [0.05, 0.1) is 0 Å². The van der Waals surface area contributed by atoms with Gasteiger partial charge in [-0.2, -0.15) is 0 Å². The standard InChI is InChI=1S/C24H27NO5/c1-24(2,3)30-23(28)25-20(22(27)29-16-18-12-8-5-9-13-18)15-19(21(25)26)14-17-10-6-4-7-11-17/h4-13,19-20H,14-16H2,1-3H3/t19-,20+/m1/s1. The van der Waals surface area contributed by atoms with E-state index < -0.39 is 35.5 Å². The minimum absolute atomic E-state index is 0.0792. The van der Waals surface area contributed by atoms with Crippen molar-refractivity contribution in [2.45, 2.75) is 51.9 Å². The molecule has 3 rings (SSSR count). The molecule has 158 valence electrons.